The number of nitrogens with zero attached hydrogens (tertiary/aromatic N) is 1. The molecule has 2 rings (SSSR count). The molecule has 1 aliphatic heterocycles. The van der Waals surface area contributed by atoms with Crippen molar-refractivity contribution in [1.29, 1.82) is 0 Å². The minimum absolute atomic E-state index is 0.0756. The van der Waals surface area contributed by atoms with E-state index in [1.54, 1.807) is 0 Å². The smallest absolute Gasteiger partial charge is 0.411 e. The Balaban J connectivity index is 2.15. The van der Waals surface area contributed by atoms with Crippen molar-refractivity contribution in [3.05, 3.63) is 0 Å². The maximum atomic E-state index is 12.3. The fraction of sp³-hybridized carbons (Fsp3) is 0.923. The van der Waals surface area contributed by atoms with Crippen LogP contribution in [-0.2, 0) is 4.74 Å². The lowest BCUT2D eigenvalue weighted by atomic mass is 9.82. The van der Waals surface area contributed by atoms with Crippen molar-refractivity contribution in [3.8, 4) is 0 Å². The molecule has 1 saturated carbocycles. The molecule has 3 nitrogen and oxygen atoms in total. The van der Waals surface area contributed by atoms with Crippen molar-refractivity contribution >= 4 is 38.0 Å². The molecule has 0 unspecified atom stereocenters. The van der Waals surface area contributed by atoms with Gasteiger partial charge in [0.05, 0.1) is 11.1 Å². The summed E-state index contributed by atoms with van der Waals surface area (Å²) >= 11 is 7.38. The number of amides is 1. The van der Waals surface area contributed by atoms with Crippen molar-refractivity contribution in [1.82, 2.24) is 4.90 Å². The number of alkyl halides is 2. The van der Waals surface area contributed by atoms with Gasteiger partial charge in [-0.15, -0.1) is 0 Å². The summed E-state index contributed by atoms with van der Waals surface area (Å²) < 4.78 is 5.51. The van der Waals surface area contributed by atoms with Crippen LogP contribution in [0.5, 0.6) is 0 Å². The number of carbonyl (C=O) groups excluding carboxylic acids is 1. The van der Waals surface area contributed by atoms with Crippen molar-refractivity contribution in [2.75, 3.05) is 0 Å². The van der Waals surface area contributed by atoms with Crippen LogP contribution in [0.4, 0.5) is 4.79 Å². The third-order valence-corrected chi connectivity index (χ3v) is 6.88. The summed E-state index contributed by atoms with van der Waals surface area (Å²) in [4.78, 5) is 15.0. The van der Waals surface area contributed by atoms with E-state index in [4.69, 9.17) is 4.74 Å². The lowest BCUT2D eigenvalue weighted by Gasteiger charge is -2.28. The maximum absolute atomic E-state index is 12.3. The second-order valence-corrected chi connectivity index (χ2v) is 9.16. The molecule has 0 bridgehead atoms. The minimum Gasteiger partial charge on any atom is -0.444 e. The second kappa shape index (κ2) is 4.11. The molecule has 1 amide bonds. The Labute approximate surface area is 126 Å². The number of hydrogen-bond acceptors (Lipinski definition) is 2. The Morgan fingerprint density at radius 3 is 1.89 bits per heavy atom. The number of hydrogen-bond donors (Lipinski definition) is 0. The van der Waals surface area contributed by atoms with Gasteiger partial charge in [-0.25, -0.2) is 4.79 Å². The molecular formula is C13H21Br2NO2. The van der Waals surface area contributed by atoms with Gasteiger partial charge in [-0.3, -0.25) is 4.90 Å². The Bertz CT molecular complexity index is 360. The average molecular weight is 383 g/mol. The summed E-state index contributed by atoms with van der Waals surface area (Å²) in [6.07, 6.45) is 1.73. The number of ether oxygens (including phenoxy) is 1. The molecule has 104 valence electrons. The average Bonchev–Trinajstić information content (AvgIpc) is 2.59. The van der Waals surface area contributed by atoms with Crippen LogP contribution < -0.4 is 0 Å². The molecule has 1 saturated heterocycles. The quantitative estimate of drug-likeness (QED) is 0.466. The minimum atomic E-state index is -0.433. The fourth-order valence-electron chi connectivity index (χ4n) is 3.08. The highest BCUT2D eigenvalue weighted by Gasteiger charge is 2.74. The van der Waals surface area contributed by atoms with Gasteiger partial charge in [0.15, 0.2) is 0 Å². The largest absolute Gasteiger partial charge is 0.444 e. The summed E-state index contributed by atoms with van der Waals surface area (Å²) in [5, 5.41) is 0. The van der Waals surface area contributed by atoms with Crippen LogP contribution >= 0.6 is 31.9 Å². The van der Waals surface area contributed by atoms with Crippen LogP contribution in [-0.4, -0.2) is 37.3 Å². The Hall–Kier alpha value is 0.230. The first-order valence-electron chi connectivity index (χ1n) is 6.33. The SMILES string of the molecule is CC(C)(C)OC(=O)N1[C@]2(C)C[C@@H](Br)[C@H](Br)C[C@]12C. The van der Waals surface area contributed by atoms with Crippen molar-refractivity contribution < 1.29 is 9.53 Å². The van der Waals surface area contributed by atoms with E-state index in [1.165, 1.54) is 0 Å². The Kier molecular flexibility index (Phi) is 3.34. The van der Waals surface area contributed by atoms with Gasteiger partial charge in [-0.1, -0.05) is 31.9 Å². The highest BCUT2D eigenvalue weighted by atomic mass is 79.9. The summed E-state index contributed by atoms with van der Waals surface area (Å²) in [5.41, 5.74) is -0.585. The molecule has 4 atom stereocenters. The van der Waals surface area contributed by atoms with E-state index in [1.807, 2.05) is 25.7 Å². The van der Waals surface area contributed by atoms with E-state index >= 15 is 0 Å². The van der Waals surface area contributed by atoms with Crippen LogP contribution in [0.15, 0.2) is 0 Å². The molecular weight excluding hydrogens is 362 g/mol. The van der Waals surface area contributed by atoms with Gasteiger partial charge in [0.25, 0.3) is 0 Å². The monoisotopic (exact) mass is 381 g/mol. The van der Waals surface area contributed by atoms with E-state index in [2.05, 4.69) is 45.7 Å². The van der Waals surface area contributed by atoms with E-state index in [-0.39, 0.29) is 17.2 Å². The number of halogens is 2. The molecule has 0 N–H and O–H groups in total. The lowest BCUT2D eigenvalue weighted by Crippen LogP contribution is -2.36. The van der Waals surface area contributed by atoms with Crippen LogP contribution in [0.25, 0.3) is 0 Å². The first-order valence-corrected chi connectivity index (χ1v) is 8.16. The zero-order chi connectivity index (χ0) is 13.9. The van der Waals surface area contributed by atoms with Gasteiger partial charge in [0.2, 0.25) is 0 Å². The van der Waals surface area contributed by atoms with Crippen LogP contribution in [0.3, 0.4) is 0 Å². The zero-order valence-electron chi connectivity index (χ0n) is 11.6. The van der Waals surface area contributed by atoms with Gasteiger partial charge >= 0.3 is 6.09 Å². The maximum Gasteiger partial charge on any atom is 0.411 e. The number of fused-ring (bicyclic) bond motifs is 1. The van der Waals surface area contributed by atoms with E-state index < -0.39 is 5.60 Å². The zero-order valence-corrected chi connectivity index (χ0v) is 14.8. The van der Waals surface area contributed by atoms with Crippen LogP contribution in [0.2, 0.25) is 0 Å². The standard InChI is InChI=1S/C13H21Br2NO2/c1-11(2,3)18-10(17)16-12(4)6-8(14)9(15)7-13(12,16)5/h8-9H,6-7H2,1-5H3/t8-,9-,12-,13+,16?/m1/s1. The fourth-order valence-corrected chi connectivity index (χ4v) is 4.72. The normalized spacial score (nSPS) is 43.4. The van der Waals surface area contributed by atoms with E-state index in [0.717, 1.165) is 12.8 Å². The summed E-state index contributed by atoms with van der Waals surface area (Å²) in [7, 11) is 0. The molecule has 1 aliphatic carbocycles. The van der Waals surface area contributed by atoms with Gasteiger partial charge in [-0.2, -0.15) is 0 Å². The lowest BCUT2D eigenvalue weighted by molar-refractivity contribution is 0.0358. The van der Waals surface area contributed by atoms with E-state index in [0.29, 0.717) is 9.65 Å². The van der Waals surface area contributed by atoms with E-state index in [9.17, 15) is 4.79 Å². The van der Waals surface area contributed by atoms with Crippen molar-refractivity contribution in [2.24, 2.45) is 0 Å². The molecule has 0 aromatic carbocycles. The summed E-state index contributed by atoms with van der Waals surface area (Å²) in [5.74, 6) is 0. The molecule has 2 aliphatic rings. The number of carbonyl (C=O) groups is 1. The van der Waals surface area contributed by atoms with Gasteiger partial charge in [0.1, 0.15) is 5.60 Å². The first kappa shape index (κ1) is 14.6. The molecule has 18 heavy (non-hydrogen) atoms. The summed E-state index contributed by atoms with van der Waals surface area (Å²) in [6, 6.07) is 0. The molecule has 0 spiro atoms. The first-order chi connectivity index (χ1) is 8.01. The summed E-state index contributed by atoms with van der Waals surface area (Å²) in [6.45, 7) is 10.0. The third-order valence-electron chi connectivity index (χ3n) is 4.25. The predicted molar refractivity (Wildman–Crippen MR) is 79.5 cm³/mol. The highest BCUT2D eigenvalue weighted by molar-refractivity contribution is 9.12. The van der Waals surface area contributed by atoms with Crippen molar-refractivity contribution in [2.45, 2.75) is 73.8 Å². The highest BCUT2D eigenvalue weighted by Crippen LogP contribution is 2.62. The van der Waals surface area contributed by atoms with Crippen LogP contribution in [0.1, 0.15) is 47.5 Å². The third kappa shape index (κ3) is 2.11. The number of likely N-dealkylation sites (tertiary alicyclic amines) is 1. The van der Waals surface area contributed by atoms with Crippen molar-refractivity contribution in [3.63, 3.8) is 0 Å². The number of rotatable bonds is 0. The molecule has 0 radical (unpaired) electrons. The second-order valence-electron chi connectivity index (χ2n) is 6.80. The topological polar surface area (TPSA) is 29.3 Å². The Morgan fingerprint density at radius 2 is 1.56 bits per heavy atom. The predicted octanol–water partition coefficient (Wildman–Crippen LogP) is 4.08. The molecule has 0 aromatic rings. The Morgan fingerprint density at radius 1 is 1.17 bits per heavy atom. The van der Waals surface area contributed by atoms with Crippen LogP contribution in [0, 0.1) is 0 Å². The molecule has 5 heteroatoms. The molecule has 2 fully saturated rings. The van der Waals surface area contributed by atoms with Gasteiger partial charge in [-0.05, 0) is 47.5 Å². The molecule has 0 aromatic heterocycles. The van der Waals surface area contributed by atoms with Gasteiger partial charge < -0.3 is 4.74 Å². The van der Waals surface area contributed by atoms with Gasteiger partial charge in [0, 0.05) is 9.65 Å². The molecule has 1 heterocycles.